The van der Waals surface area contributed by atoms with Crippen LogP contribution in [0, 0.1) is 0 Å². The summed E-state index contributed by atoms with van der Waals surface area (Å²) in [7, 11) is 0. The molecule has 0 aliphatic carbocycles. The highest BCUT2D eigenvalue weighted by Gasteiger charge is 2.36. The molecule has 1 aromatic carbocycles. The maximum Gasteiger partial charge on any atom is 0.419 e. The van der Waals surface area contributed by atoms with E-state index in [9.17, 15) is 18.0 Å². The van der Waals surface area contributed by atoms with Crippen molar-refractivity contribution >= 4 is 6.09 Å². The summed E-state index contributed by atoms with van der Waals surface area (Å²) in [4.78, 5) is 13.6. The van der Waals surface area contributed by atoms with E-state index in [0.29, 0.717) is 0 Å². The van der Waals surface area contributed by atoms with Crippen LogP contribution in [0.25, 0.3) is 0 Å². The van der Waals surface area contributed by atoms with Gasteiger partial charge in [-0.25, -0.2) is 4.79 Å². The molecule has 0 aromatic heterocycles. The van der Waals surface area contributed by atoms with Gasteiger partial charge < -0.3 is 9.64 Å². The minimum Gasteiger partial charge on any atom is -0.410 e. The topological polar surface area (TPSA) is 29.5 Å². The molecule has 118 valence electrons. The van der Waals surface area contributed by atoms with Gasteiger partial charge in [-0.3, -0.25) is 0 Å². The van der Waals surface area contributed by atoms with Crippen LogP contribution < -0.4 is 4.74 Å². The zero-order chi connectivity index (χ0) is 16.4. The third-order valence-electron chi connectivity index (χ3n) is 2.83. The average molecular weight is 303 g/mol. The molecule has 0 aliphatic heterocycles. The Morgan fingerprint density at radius 1 is 1.14 bits per heavy atom. The normalized spacial score (nSPS) is 12.4. The van der Waals surface area contributed by atoms with Crippen LogP contribution in [0.3, 0.4) is 0 Å². The number of para-hydroxylation sites is 1. The second-order valence-corrected chi connectivity index (χ2v) is 6.00. The first kappa shape index (κ1) is 17.3. The molecule has 0 atom stereocenters. The van der Waals surface area contributed by atoms with Crippen molar-refractivity contribution < 1.29 is 22.7 Å². The van der Waals surface area contributed by atoms with E-state index in [4.69, 9.17) is 4.74 Å². The van der Waals surface area contributed by atoms with Gasteiger partial charge in [0, 0.05) is 11.6 Å². The first-order chi connectivity index (χ1) is 9.44. The third-order valence-corrected chi connectivity index (χ3v) is 2.83. The molecule has 0 unspecified atom stereocenters. The van der Waals surface area contributed by atoms with Crippen molar-refractivity contribution in [2.24, 2.45) is 0 Å². The summed E-state index contributed by atoms with van der Waals surface area (Å²) in [5, 5.41) is 0. The lowest BCUT2D eigenvalue weighted by molar-refractivity contribution is -0.138. The molecule has 0 saturated heterocycles. The lowest BCUT2D eigenvalue weighted by atomic mass is 10.0. The molecule has 1 aromatic rings. The van der Waals surface area contributed by atoms with Gasteiger partial charge in [-0.1, -0.05) is 12.1 Å². The molecule has 0 bridgehead atoms. The van der Waals surface area contributed by atoms with Crippen LogP contribution >= 0.6 is 0 Å². The first-order valence-corrected chi connectivity index (χ1v) is 6.62. The summed E-state index contributed by atoms with van der Waals surface area (Å²) in [6.45, 7) is 8.95. The molecule has 0 radical (unpaired) electrons. The second kappa shape index (κ2) is 5.95. The SMILES string of the molecule is CC(C)N(C(=O)Oc1ccccc1C(F)(F)F)C(C)(C)C. The van der Waals surface area contributed by atoms with Crippen molar-refractivity contribution in [3.05, 3.63) is 29.8 Å². The number of nitrogens with zero attached hydrogens (tertiary/aromatic N) is 1. The summed E-state index contributed by atoms with van der Waals surface area (Å²) in [6, 6.07) is 4.48. The van der Waals surface area contributed by atoms with Gasteiger partial charge in [-0.2, -0.15) is 13.2 Å². The highest BCUT2D eigenvalue weighted by atomic mass is 19.4. The summed E-state index contributed by atoms with van der Waals surface area (Å²) in [6.07, 6.45) is -5.37. The molecule has 1 rings (SSSR count). The lowest BCUT2D eigenvalue weighted by Gasteiger charge is -2.37. The predicted octanol–water partition coefficient (Wildman–Crippen LogP) is 4.71. The van der Waals surface area contributed by atoms with Crippen molar-refractivity contribution in [3.8, 4) is 5.75 Å². The number of hydrogen-bond acceptors (Lipinski definition) is 2. The minimum absolute atomic E-state index is 0.199. The first-order valence-electron chi connectivity index (χ1n) is 6.62. The molecule has 1 amide bonds. The minimum atomic E-state index is -4.57. The number of ether oxygens (including phenoxy) is 1. The number of benzene rings is 1. The second-order valence-electron chi connectivity index (χ2n) is 6.00. The Labute approximate surface area is 122 Å². The molecule has 0 saturated carbocycles. The molecule has 0 fully saturated rings. The Morgan fingerprint density at radius 2 is 1.67 bits per heavy atom. The number of hydrogen-bond donors (Lipinski definition) is 0. The summed E-state index contributed by atoms with van der Waals surface area (Å²) in [5.74, 6) is -0.482. The van der Waals surface area contributed by atoms with Crippen LogP contribution in [0.1, 0.15) is 40.2 Å². The van der Waals surface area contributed by atoms with Gasteiger partial charge in [0.05, 0.1) is 5.56 Å². The van der Waals surface area contributed by atoms with Crippen molar-refractivity contribution in [3.63, 3.8) is 0 Å². The average Bonchev–Trinajstić information content (AvgIpc) is 2.25. The molecule has 6 heteroatoms. The van der Waals surface area contributed by atoms with Gasteiger partial charge in [-0.05, 0) is 46.8 Å². The molecule has 0 heterocycles. The van der Waals surface area contributed by atoms with Crippen LogP contribution in [-0.4, -0.2) is 22.6 Å². The third kappa shape index (κ3) is 4.37. The van der Waals surface area contributed by atoms with E-state index in [1.165, 1.54) is 17.0 Å². The van der Waals surface area contributed by atoms with E-state index in [-0.39, 0.29) is 6.04 Å². The number of carbonyl (C=O) groups is 1. The maximum atomic E-state index is 12.9. The molecule has 3 nitrogen and oxygen atoms in total. The molecule has 21 heavy (non-hydrogen) atoms. The molecule has 0 spiro atoms. The Balaban J connectivity index is 3.09. The number of carbonyl (C=O) groups excluding carboxylic acids is 1. The maximum absolute atomic E-state index is 12.9. The monoisotopic (exact) mass is 303 g/mol. The van der Waals surface area contributed by atoms with Crippen LogP contribution in [-0.2, 0) is 6.18 Å². The zero-order valence-corrected chi connectivity index (χ0v) is 12.8. The van der Waals surface area contributed by atoms with Gasteiger partial charge in [-0.15, -0.1) is 0 Å². The number of halogens is 3. The van der Waals surface area contributed by atoms with Crippen molar-refractivity contribution in [2.75, 3.05) is 0 Å². The highest BCUT2D eigenvalue weighted by molar-refractivity contribution is 5.72. The molecule has 0 N–H and O–H groups in total. The largest absolute Gasteiger partial charge is 0.419 e. The fourth-order valence-corrected chi connectivity index (χ4v) is 2.19. The van der Waals surface area contributed by atoms with E-state index >= 15 is 0 Å². The van der Waals surface area contributed by atoms with Crippen molar-refractivity contribution in [2.45, 2.75) is 52.4 Å². The van der Waals surface area contributed by atoms with E-state index in [1.807, 2.05) is 0 Å². The quantitative estimate of drug-likeness (QED) is 0.791. The summed E-state index contributed by atoms with van der Waals surface area (Å²) >= 11 is 0. The zero-order valence-electron chi connectivity index (χ0n) is 12.8. The lowest BCUT2D eigenvalue weighted by Crippen LogP contribution is -2.50. The predicted molar refractivity (Wildman–Crippen MR) is 74.2 cm³/mol. The molecular formula is C15H20F3NO2. The van der Waals surface area contributed by atoms with E-state index in [0.717, 1.165) is 12.1 Å². The number of alkyl halides is 3. The van der Waals surface area contributed by atoms with E-state index in [2.05, 4.69) is 0 Å². The fraction of sp³-hybridized carbons (Fsp3) is 0.533. The van der Waals surface area contributed by atoms with Crippen LogP contribution in [0.4, 0.5) is 18.0 Å². The van der Waals surface area contributed by atoms with Crippen LogP contribution in [0.5, 0.6) is 5.75 Å². The van der Waals surface area contributed by atoms with E-state index < -0.39 is 29.1 Å². The molecule has 0 aliphatic rings. The fourth-order valence-electron chi connectivity index (χ4n) is 2.19. The van der Waals surface area contributed by atoms with Crippen molar-refractivity contribution in [1.29, 1.82) is 0 Å². The number of amides is 1. The summed E-state index contributed by atoms with van der Waals surface area (Å²) in [5.41, 5.74) is -1.52. The molecular weight excluding hydrogens is 283 g/mol. The Kier molecular flexibility index (Phi) is 4.91. The van der Waals surface area contributed by atoms with Crippen molar-refractivity contribution in [1.82, 2.24) is 4.90 Å². The van der Waals surface area contributed by atoms with Gasteiger partial charge in [0.1, 0.15) is 5.75 Å². The van der Waals surface area contributed by atoms with Gasteiger partial charge in [0.25, 0.3) is 0 Å². The Hall–Kier alpha value is -1.72. The Morgan fingerprint density at radius 3 is 2.10 bits per heavy atom. The highest BCUT2D eigenvalue weighted by Crippen LogP contribution is 2.36. The van der Waals surface area contributed by atoms with Crippen LogP contribution in [0.15, 0.2) is 24.3 Å². The smallest absolute Gasteiger partial charge is 0.410 e. The Bertz CT molecular complexity index is 504. The number of rotatable bonds is 2. The van der Waals surface area contributed by atoms with Gasteiger partial charge >= 0.3 is 12.3 Å². The van der Waals surface area contributed by atoms with E-state index in [1.54, 1.807) is 34.6 Å². The summed E-state index contributed by atoms with van der Waals surface area (Å²) < 4.78 is 43.7. The van der Waals surface area contributed by atoms with Gasteiger partial charge in [0.15, 0.2) is 0 Å². The van der Waals surface area contributed by atoms with Gasteiger partial charge in [0.2, 0.25) is 0 Å². The van der Waals surface area contributed by atoms with Crippen LogP contribution in [0.2, 0.25) is 0 Å². The standard InChI is InChI=1S/C15H20F3NO2/c1-10(2)19(14(3,4)5)13(20)21-12-9-7-6-8-11(12)15(16,17)18/h6-10H,1-5H3.